The molecule has 0 aliphatic carbocycles. The van der Waals surface area contributed by atoms with E-state index in [9.17, 15) is 19.5 Å². The molecule has 1 rings (SSSR count). The lowest BCUT2D eigenvalue weighted by molar-refractivity contribution is -0.222. The molecule has 0 saturated carbocycles. The van der Waals surface area contributed by atoms with Gasteiger partial charge in [0.1, 0.15) is 11.4 Å². The third-order valence-electron chi connectivity index (χ3n) is 2.17. The van der Waals surface area contributed by atoms with Crippen molar-refractivity contribution in [2.75, 3.05) is 6.54 Å². The molecule has 1 aliphatic heterocycles. The average molecular weight is 301 g/mol. The van der Waals surface area contributed by atoms with Gasteiger partial charge in [-0.25, -0.2) is 14.4 Å². The molecule has 118 valence electrons. The van der Waals surface area contributed by atoms with Crippen molar-refractivity contribution < 1.29 is 33.7 Å². The van der Waals surface area contributed by atoms with E-state index < -0.39 is 47.3 Å². The van der Waals surface area contributed by atoms with E-state index >= 15 is 0 Å². The van der Waals surface area contributed by atoms with Gasteiger partial charge in [0.25, 0.3) is 5.79 Å². The molecule has 0 aromatic heterocycles. The summed E-state index contributed by atoms with van der Waals surface area (Å²) in [5.41, 5.74) is -1.36. The van der Waals surface area contributed by atoms with Crippen LogP contribution in [0.25, 0.3) is 0 Å². The first-order valence-corrected chi connectivity index (χ1v) is 6.27. The monoisotopic (exact) mass is 301 g/mol. The van der Waals surface area contributed by atoms with Crippen LogP contribution in [0, 0.1) is 0 Å². The molecule has 0 aromatic rings. The van der Waals surface area contributed by atoms with Crippen LogP contribution in [0.2, 0.25) is 0 Å². The summed E-state index contributed by atoms with van der Waals surface area (Å²) in [6.45, 7) is 7.31. The topological polar surface area (TPSA) is 111 Å². The van der Waals surface area contributed by atoms with E-state index in [4.69, 9.17) is 14.2 Å². The van der Waals surface area contributed by atoms with Crippen LogP contribution in [0.1, 0.15) is 34.6 Å². The van der Waals surface area contributed by atoms with Crippen molar-refractivity contribution in [1.29, 1.82) is 0 Å². The van der Waals surface area contributed by atoms with Gasteiger partial charge in [-0.15, -0.1) is 0 Å². The zero-order valence-corrected chi connectivity index (χ0v) is 12.6. The molecular weight excluding hydrogens is 282 g/mol. The first-order chi connectivity index (χ1) is 9.41. The van der Waals surface area contributed by atoms with Crippen molar-refractivity contribution in [2.24, 2.45) is 0 Å². The number of hydrogen-bond donors (Lipinski definition) is 2. The summed E-state index contributed by atoms with van der Waals surface area (Å²) in [6, 6.07) is 0. The van der Waals surface area contributed by atoms with Crippen LogP contribution in [-0.2, 0) is 23.8 Å². The number of alkyl carbamates (subject to hydrolysis) is 1. The summed E-state index contributed by atoms with van der Waals surface area (Å²) in [5.74, 6) is -4.08. The fourth-order valence-corrected chi connectivity index (χ4v) is 1.45. The number of cyclic esters (lactones) is 2. The van der Waals surface area contributed by atoms with Crippen LogP contribution in [0.4, 0.5) is 4.79 Å². The molecular formula is C13H19NO7. The maximum Gasteiger partial charge on any atom is 0.408 e. The summed E-state index contributed by atoms with van der Waals surface area (Å²) in [4.78, 5) is 34.7. The summed E-state index contributed by atoms with van der Waals surface area (Å²) in [6.07, 6.45) is -0.799. The van der Waals surface area contributed by atoms with Gasteiger partial charge in [0.2, 0.25) is 0 Å². The van der Waals surface area contributed by atoms with E-state index in [1.807, 2.05) is 0 Å². The molecule has 1 saturated heterocycles. The van der Waals surface area contributed by atoms with Gasteiger partial charge in [0.05, 0.1) is 6.54 Å². The minimum Gasteiger partial charge on any atom is -0.509 e. The molecule has 1 amide bonds. The Labute approximate surface area is 122 Å². The predicted molar refractivity (Wildman–Crippen MR) is 70.2 cm³/mol. The highest BCUT2D eigenvalue weighted by Gasteiger charge is 2.41. The largest absolute Gasteiger partial charge is 0.509 e. The van der Waals surface area contributed by atoms with Gasteiger partial charge >= 0.3 is 18.0 Å². The van der Waals surface area contributed by atoms with E-state index in [1.54, 1.807) is 20.8 Å². The highest BCUT2D eigenvalue weighted by molar-refractivity contribution is 6.15. The third kappa shape index (κ3) is 4.97. The second-order valence-corrected chi connectivity index (χ2v) is 5.86. The van der Waals surface area contributed by atoms with Gasteiger partial charge in [-0.1, -0.05) is 0 Å². The summed E-state index contributed by atoms with van der Waals surface area (Å²) < 4.78 is 14.6. The molecule has 0 radical (unpaired) electrons. The predicted octanol–water partition coefficient (Wildman–Crippen LogP) is 1.16. The second kappa shape index (κ2) is 5.63. The average Bonchev–Trinajstić information content (AvgIpc) is 2.20. The van der Waals surface area contributed by atoms with Crippen molar-refractivity contribution in [2.45, 2.75) is 46.0 Å². The number of rotatable bonds is 2. The van der Waals surface area contributed by atoms with Gasteiger partial charge in [-0.05, 0) is 20.8 Å². The molecule has 0 spiro atoms. The van der Waals surface area contributed by atoms with Gasteiger partial charge in [-0.3, -0.25) is 0 Å². The summed E-state index contributed by atoms with van der Waals surface area (Å²) >= 11 is 0. The van der Waals surface area contributed by atoms with Crippen LogP contribution >= 0.6 is 0 Å². The highest BCUT2D eigenvalue weighted by Crippen LogP contribution is 2.23. The van der Waals surface area contributed by atoms with Gasteiger partial charge in [-0.2, -0.15) is 0 Å². The Morgan fingerprint density at radius 3 is 2.14 bits per heavy atom. The lowest BCUT2D eigenvalue weighted by Crippen LogP contribution is -2.43. The van der Waals surface area contributed by atoms with Crippen molar-refractivity contribution in [3.63, 3.8) is 0 Å². The summed E-state index contributed by atoms with van der Waals surface area (Å²) in [7, 11) is 0. The molecule has 0 bridgehead atoms. The Kier molecular flexibility index (Phi) is 4.50. The number of carbonyl (C=O) groups is 3. The fourth-order valence-electron chi connectivity index (χ4n) is 1.45. The molecule has 1 fully saturated rings. The van der Waals surface area contributed by atoms with Gasteiger partial charge < -0.3 is 24.6 Å². The van der Waals surface area contributed by atoms with Crippen molar-refractivity contribution in [3.8, 4) is 0 Å². The Morgan fingerprint density at radius 2 is 1.71 bits per heavy atom. The molecule has 8 heteroatoms. The van der Waals surface area contributed by atoms with E-state index in [0.717, 1.165) is 0 Å². The number of amides is 1. The Bertz CT molecular complexity index is 477. The smallest absolute Gasteiger partial charge is 0.408 e. The Balaban J connectivity index is 2.73. The molecule has 2 N–H and O–H groups in total. The van der Waals surface area contributed by atoms with Crippen molar-refractivity contribution in [3.05, 3.63) is 11.3 Å². The van der Waals surface area contributed by atoms with Crippen LogP contribution in [0.15, 0.2) is 11.3 Å². The zero-order valence-electron chi connectivity index (χ0n) is 12.6. The van der Waals surface area contributed by atoms with Gasteiger partial charge in [0.15, 0.2) is 5.57 Å². The molecule has 21 heavy (non-hydrogen) atoms. The molecule has 8 nitrogen and oxygen atoms in total. The fraction of sp³-hybridized carbons (Fsp3) is 0.615. The molecule has 1 heterocycles. The minimum absolute atomic E-state index is 0.463. The molecule has 0 atom stereocenters. The van der Waals surface area contributed by atoms with Crippen LogP contribution in [-0.4, -0.2) is 41.1 Å². The summed E-state index contributed by atoms with van der Waals surface area (Å²) in [5, 5.41) is 12.0. The lowest BCUT2D eigenvalue weighted by Gasteiger charge is -2.30. The maximum atomic E-state index is 11.7. The molecule has 1 aliphatic rings. The minimum atomic E-state index is -1.39. The van der Waals surface area contributed by atoms with Crippen LogP contribution in [0.5, 0.6) is 0 Å². The first-order valence-electron chi connectivity index (χ1n) is 6.27. The number of nitrogens with one attached hydrogen (secondary N) is 1. The second-order valence-electron chi connectivity index (χ2n) is 5.86. The van der Waals surface area contributed by atoms with Crippen molar-refractivity contribution in [1.82, 2.24) is 5.32 Å². The number of esters is 2. The normalized spacial score (nSPS) is 17.7. The molecule has 0 aromatic carbocycles. The number of carbonyl (C=O) groups excluding carboxylic acids is 3. The van der Waals surface area contributed by atoms with E-state index in [0.29, 0.717) is 0 Å². The standard InChI is InChI=1S/C13H19NO7/c1-12(2,3)21-11(18)14-6-7(15)8-9(16)19-13(4,5)20-10(8)17/h15H,6H2,1-5H3,(H,14,18). The van der Waals surface area contributed by atoms with Crippen LogP contribution in [0.3, 0.4) is 0 Å². The van der Waals surface area contributed by atoms with Crippen molar-refractivity contribution >= 4 is 18.0 Å². The van der Waals surface area contributed by atoms with Gasteiger partial charge in [0, 0.05) is 13.8 Å². The first kappa shape index (κ1) is 16.8. The highest BCUT2D eigenvalue weighted by atomic mass is 16.7. The number of aliphatic hydroxyl groups excluding tert-OH is 1. The quantitative estimate of drug-likeness (QED) is 0.340. The Hall–Kier alpha value is -2.25. The number of ether oxygens (including phenoxy) is 3. The zero-order chi connectivity index (χ0) is 16.4. The number of hydrogen-bond acceptors (Lipinski definition) is 7. The SMILES string of the molecule is CC(C)(C)OC(=O)NCC(O)=C1C(=O)OC(C)(C)OC1=O. The third-order valence-corrected chi connectivity index (χ3v) is 2.17. The van der Waals surface area contributed by atoms with E-state index in [1.165, 1.54) is 13.8 Å². The van der Waals surface area contributed by atoms with Crippen LogP contribution < -0.4 is 5.32 Å². The Morgan fingerprint density at radius 1 is 1.24 bits per heavy atom. The number of aliphatic hydroxyl groups is 1. The van der Waals surface area contributed by atoms with E-state index in [2.05, 4.69) is 5.32 Å². The maximum absolute atomic E-state index is 11.7. The lowest BCUT2D eigenvalue weighted by atomic mass is 10.2. The van der Waals surface area contributed by atoms with E-state index in [-0.39, 0.29) is 0 Å². The molecule has 0 unspecified atom stereocenters.